The molecule has 5 amide bonds. The molecule has 3 rings (SSSR count). The summed E-state index contributed by atoms with van der Waals surface area (Å²) in [6, 6.07) is 13.7. The number of aliphatic hydroxyl groups is 1. The van der Waals surface area contributed by atoms with Gasteiger partial charge in [0.25, 0.3) is 11.8 Å². The zero-order chi connectivity index (χ0) is 36.9. The molecule has 5 N–H and O–H groups in total. The van der Waals surface area contributed by atoms with Gasteiger partial charge in [-0.1, -0.05) is 36.4 Å². The Morgan fingerprint density at radius 3 is 2.16 bits per heavy atom. The lowest BCUT2D eigenvalue weighted by atomic mass is 10.0. The largest absolute Gasteiger partial charge is 0.444 e. The van der Waals surface area contributed by atoms with E-state index >= 15 is 0 Å². The first-order valence-electron chi connectivity index (χ1n) is 16.8. The maximum Gasteiger partial charge on any atom is 0.408 e. The van der Waals surface area contributed by atoms with E-state index in [1.165, 1.54) is 6.07 Å². The molecule has 274 valence electrons. The number of rotatable bonds is 14. The molecule has 50 heavy (non-hydrogen) atoms. The Balaban J connectivity index is 1.54. The third-order valence-corrected chi connectivity index (χ3v) is 8.27. The molecule has 0 bridgehead atoms. The van der Waals surface area contributed by atoms with Gasteiger partial charge in [-0.2, -0.15) is 0 Å². The summed E-state index contributed by atoms with van der Waals surface area (Å²) < 4.78 is 10.7. The van der Waals surface area contributed by atoms with Crippen LogP contribution in [0, 0.1) is 0 Å². The van der Waals surface area contributed by atoms with Crippen LogP contribution in [0.3, 0.4) is 0 Å². The number of alkyl carbamates (subject to hydrolysis) is 2. The Labute approximate surface area is 298 Å². The lowest BCUT2D eigenvalue weighted by molar-refractivity contribution is -0.132. The van der Waals surface area contributed by atoms with Gasteiger partial charge in [-0.25, -0.2) is 9.59 Å². The summed E-state index contributed by atoms with van der Waals surface area (Å²) in [5.74, 6) is 0.139. The molecule has 13 nitrogen and oxygen atoms in total. The number of amides is 5. The normalized spacial score (nSPS) is 14.9. The maximum absolute atomic E-state index is 13.1. The van der Waals surface area contributed by atoms with Gasteiger partial charge in [-0.15, -0.1) is 11.8 Å². The van der Waals surface area contributed by atoms with Gasteiger partial charge in [0.2, 0.25) is 5.91 Å². The molecule has 2 aromatic rings. The zero-order valence-corrected chi connectivity index (χ0v) is 30.6. The molecule has 0 radical (unpaired) electrons. The van der Waals surface area contributed by atoms with Crippen molar-refractivity contribution in [2.24, 2.45) is 0 Å². The molecule has 3 atom stereocenters. The number of benzene rings is 2. The van der Waals surface area contributed by atoms with Gasteiger partial charge in [0.1, 0.15) is 17.2 Å². The Morgan fingerprint density at radius 1 is 0.880 bits per heavy atom. The number of carbonyl (C=O) groups excluding carboxylic acids is 5. The number of hydrogen-bond donors (Lipinski definition) is 5. The van der Waals surface area contributed by atoms with Crippen LogP contribution >= 0.6 is 11.8 Å². The Hall–Kier alpha value is -4.30. The van der Waals surface area contributed by atoms with Crippen molar-refractivity contribution in [2.45, 2.75) is 96.6 Å². The first kappa shape index (κ1) is 40.1. The first-order valence-corrected chi connectivity index (χ1v) is 17.9. The predicted molar refractivity (Wildman–Crippen MR) is 193 cm³/mol. The van der Waals surface area contributed by atoms with Crippen LogP contribution in [-0.4, -0.2) is 94.0 Å². The van der Waals surface area contributed by atoms with Crippen molar-refractivity contribution < 1.29 is 38.6 Å². The minimum Gasteiger partial charge on any atom is -0.444 e. The fourth-order valence-corrected chi connectivity index (χ4v) is 5.95. The molecule has 0 unspecified atom stereocenters. The quantitative estimate of drug-likeness (QED) is 0.177. The summed E-state index contributed by atoms with van der Waals surface area (Å²) in [7, 11) is 0. The zero-order valence-electron chi connectivity index (χ0n) is 29.7. The van der Waals surface area contributed by atoms with Crippen molar-refractivity contribution >= 4 is 47.4 Å². The topological polar surface area (TPSA) is 175 Å². The average molecular weight is 714 g/mol. The second-order valence-electron chi connectivity index (χ2n) is 14.0. The lowest BCUT2D eigenvalue weighted by Gasteiger charge is -2.26. The molecular weight excluding hydrogens is 662 g/mol. The van der Waals surface area contributed by atoms with Crippen LogP contribution in [0.5, 0.6) is 0 Å². The van der Waals surface area contributed by atoms with Crippen molar-refractivity contribution in [3.05, 3.63) is 65.7 Å². The van der Waals surface area contributed by atoms with Crippen molar-refractivity contribution in [3.63, 3.8) is 0 Å². The van der Waals surface area contributed by atoms with Crippen molar-refractivity contribution in [3.8, 4) is 0 Å². The number of unbranched alkanes of at least 4 members (excludes halogenated alkanes) is 1. The van der Waals surface area contributed by atoms with E-state index in [-0.39, 0.29) is 29.5 Å². The van der Waals surface area contributed by atoms with Gasteiger partial charge in [-0.05, 0) is 91.0 Å². The molecule has 0 aromatic heterocycles. The highest BCUT2D eigenvalue weighted by atomic mass is 32.2. The molecule has 1 fully saturated rings. The third kappa shape index (κ3) is 14.3. The highest BCUT2D eigenvalue weighted by molar-refractivity contribution is 7.99. The van der Waals surface area contributed by atoms with Crippen molar-refractivity contribution in [2.75, 3.05) is 30.0 Å². The van der Waals surface area contributed by atoms with Crippen LogP contribution in [0.25, 0.3) is 0 Å². The molecular formula is C36H51N5O8S. The van der Waals surface area contributed by atoms with E-state index in [2.05, 4.69) is 21.3 Å². The van der Waals surface area contributed by atoms with Gasteiger partial charge in [0, 0.05) is 30.1 Å². The van der Waals surface area contributed by atoms with Crippen LogP contribution in [-0.2, 0) is 25.5 Å². The predicted octanol–water partition coefficient (Wildman–Crippen LogP) is 4.45. The molecule has 14 heteroatoms. The molecule has 1 heterocycles. The number of thioether (sulfide) groups is 1. The van der Waals surface area contributed by atoms with Crippen LogP contribution in [0.4, 0.5) is 15.3 Å². The highest BCUT2D eigenvalue weighted by Gasteiger charge is 2.31. The Bertz CT molecular complexity index is 1450. The number of ether oxygens (including phenoxy) is 2. The summed E-state index contributed by atoms with van der Waals surface area (Å²) >= 11 is 1.66. The van der Waals surface area contributed by atoms with E-state index in [0.717, 1.165) is 11.3 Å². The molecule has 1 saturated heterocycles. The van der Waals surface area contributed by atoms with Crippen LogP contribution in [0.2, 0.25) is 0 Å². The summed E-state index contributed by atoms with van der Waals surface area (Å²) in [5, 5.41) is 21.8. The van der Waals surface area contributed by atoms with E-state index in [4.69, 9.17) is 9.47 Å². The number of aliphatic hydroxyl groups excluding tert-OH is 1. The fraction of sp³-hybridized carbons (Fsp3) is 0.528. The van der Waals surface area contributed by atoms with Gasteiger partial charge < -0.3 is 40.7 Å². The van der Waals surface area contributed by atoms with Crippen molar-refractivity contribution in [1.82, 2.24) is 20.9 Å². The summed E-state index contributed by atoms with van der Waals surface area (Å²) in [4.78, 5) is 65.8. The Kier molecular flexibility index (Phi) is 14.9. The fourth-order valence-electron chi connectivity index (χ4n) is 5.00. The minimum absolute atomic E-state index is 0.152. The van der Waals surface area contributed by atoms with E-state index in [9.17, 15) is 29.1 Å². The number of nitrogens with one attached hydrogen (secondary N) is 4. The van der Waals surface area contributed by atoms with Gasteiger partial charge in [-0.3, -0.25) is 14.4 Å². The van der Waals surface area contributed by atoms with E-state index in [0.29, 0.717) is 38.2 Å². The SMILES string of the molecule is CC(C)(C)OC(=O)N[C@@H](CCCCNC(=O)c1cccc(NC(=O)[C@@H](O)[C@@H](Cc2ccccc2)NC(=O)OC(C)(C)C)c1)C(=O)N1CCSC1. The molecule has 0 aliphatic carbocycles. The lowest BCUT2D eigenvalue weighted by Crippen LogP contribution is -2.51. The summed E-state index contributed by atoms with van der Waals surface area (Å²) in [5.41, 5.74) is -0.105. The third-order valence-electron chi connectivity index (χ3n) is 7.30. The molecule has 1 aliphatic heterocycles. The van der Waals surface area contributed by atoms with Crippen LogP contribution in [0.1, 0.15) is 76.7 Å². The van der Waals surface area contributed by atoms with E-state index in [1.54, 1.807) is 76.4 Å². The smallest absolute Gasteiger partial charge is 0.408 e. The maximum atomic E-state index is 13.1. The average Bonchev–Trinajstić information content (AvgIpc) is 3.57. The van der Waals surface area contributed by atoms with Gasteiger partial charge >= 0.3 is 12.2 Å². The highest BCUT2D eigenvalue weighted by Crippen LogP contribution is 2.18. The monoisotopic (exact) mass is 713 g/mol. The molecule has 2 aromatic carbocycles. The minimum atomic E-state index is -1.63. The van der Waals surface area contributed by atoms with E-state index in [1.807, 2.05) is 30.3 Å². The van der Waals surface area contributed by atoms with Crippen LogP contribution < -0.4 is 21.3 Å². The van der Waals surface area contributed by atoms with Gasteiger partial charge in [0.15, 0.2) is 6.10 Å². The van der Waals surface area contributed by atoms with Gasteiger partial charge in [0.05, 0.1) is 11.9 Å². The first-order chi connectivity index (χ1) is 23.5. The number of nitrogens with zero attached hydrogens (tertiary/aromatic N) is 1. The number of anilines is 1. The molecule has 0 saturated carbocycles. The van der Waals surface area contributed by atoms with Crippen LogP contribution in [0.15, 0.2) is 54.6 Å². The Morgan fingerprint density at radius 2 is 1.54 bits per heavy atom. The second kappa shape index (κ2) is 18.6. The molecule has 1 aliphatic rings. The van der Waals surface area contributed by atoms with Crippen molar-refractivity contribution in [1.29, 1.82) is 0 Å². The molecule has 0 spiro atoms. The van der Waals surface area contributed by atoms with E-state index < -0.39 is 47.5 Å². The standard InChI is InChI=1S/C36H51N5O8S/c1-35(2,3)48-33(46)39-27(32(45)41-19-20-50-23-41)17-10-11-18-37-30(43)25-15-12-16-26(22-25)38-31(44)29(42)28(21-24-13-8-7-9-14-24)40-34(47)49-36(4,5)6/h7-9,12-16,22,27-29,42H,10-11,17-21,23H2,1-6H3,(H,37,43)(H,38,44)(H,39,46)(H,40,47)/t27-,28+,29-/m0/s1. The summed E-state index contributed by atoms with van der Waals surface area (Å²) in [6.07, 6.45) is -1.39. The number of hydrogen-bond acceptors (Lipinski definition) is 9. The second-order valence-corrected chi connectivity index (χ2v) is 15.1. The summed E-state index contributed by atoms with van der Waals surface area (Å²) in [6.45, 7) is 11.3. The number of carbonyl (C=O) groups is 5.